The largest absolute Gasteiger partial charge is 0.497 e. The quantitative estimate of drug-likeness (QED) is 0.845. The van der Waals surface area contributed by atoms with Crippen LogP contribution in [0.1, 0.15) is 11.6 Å². The van der Waals surface area contributed by atoms with Crippen molar-refractivity contribution in [1.29, 1.82) is 0 Å². The standard InChI is InChI=1S/C10H11F2NO3.ClH/c1-15-5-3-6(11)8(7(12)4-5)9(13)10(14)16-2;/h3-4,9H,13H2,1-2H3;1H/t9-;/m1./s1. The van der Waals surface area contributed by atoms with E-state index >= 15 is 0 Å². The maximum atomic E-state index is 13.4. The summed E-state index contributed by atoms with van der Waals surface area (Å²) in [6, 6.07) is 0.401. The molecule has 0 heterocycles. The molecule has 0 bridgehead atoms. The number of carbonyl (C=O) groups excluding carboxylic acids is 1. The van der Waals surface area contributed by atoms with Gasteiger partial charge in [0.2, 0.25) is 0 Å². The first-order valence-electron chi connectivity index (χ1n) is 4.37. The summed E-state index contributed by atoms with van der Waals surface area (Å²) in [5, 5.41) is 0. The Morgan fingerprint density at radius 1 is 1.29 bits per heavy atom. The van der Waals surface area contributed by atoms with Gasteiger partial charge in [-0.2, -0.15) is 0 Å². The van der Waals surface area contributed by atoms with E-state index in [1.165, 1.54) is 7.11 Å². The highest BCUT2D eigenvalue weighted by atomic mass is 35.5. The molecule has 1 aromatic rings. The Balaban J connectivity index is 0.00000256. The van der Waals surface area contributed by atoms with Crippen molar-refractivity contribution in [2.75, 3.05) is 14.2 Å². The smallest absolute Gasteiger partial charge is 0.327 e. The van der Waals surface area contributed by atoms with Gasteiger partial charge in [0.05, 0.1) is 19.8 Å². The highest BCUT2D eigenvalue weighted by molar-refractivity contribution is 5.85. The molecule has 0 fully saturated rings. The molecule has 0 aliphatic heterocycles. The zero-order chi connectivity index (χ0) is 12.3. The number of hydrogen-bond donors (Lipinski definition) is 1. The molecule has 0 unspecified atom stereocenters. The number of rotatable bonds is 3. The van der Waals surface area contributed by atoms with Gasteiger partial charge < -0.3 is 15.2 Å². The van der Waals surface area contributed by atoms with Gasteiger partial charge in [0, 0.05) is 12.1 Å². The third-order valence-electron chi connectivity index (χ3n) is 2.05. The number of nitrogens with two attached hydrogens (primary N) is 1. The zero-order valence-electron chi connectivity index (χ0n) is 9.20. The minimum absolute atomic E-state index is 0. The third kappa shape index (κ3) is 3.28. The van der Waals surface area contributed by atoms with E-state index in [4.69, 9.17) is 5.73 Å². The van der Waals surface area contributed by atoms with Crippen LogP contribution in [0.25, 0.3) is 0 Å². The number of carbonyl (C=O) groups is 1. The van der Waals surface area contributed by atoms with Crippen molar-refractivity contribution in [1.82, 2.24) is 0 Å². The van der Waals surface area contributed by atoms with Crippen molar-refractivity contribution >= 4 is 18.4 Å². The van der Waals surface area contributed by atoms with Crippen molar-refractivity contribution < 1.29 is 23.0 Å². The minimum Gasteiger partial charge on any atom is -0.497 e. The molecule has 0 saturated carbocycles. The Morgan fingerprint density at radius 3 is 2.12 bits per heavy atom. The summed E-state index contributed by atoms with van der Waals surface area (Å²) < 4.78 is 35.8. The summed E-state index contributed by atoms with van der Waals surface area (Å²) in [6.45, 7) is 0. The SMILES string of the molecule is COC(=O)[C@H](N)c1c(F)cc(OC)cc1F.Cl. The van der Waals surface area contributed by atoms with Gasteiger partial charge in [-0.1, -0.05) is 0 Å². The lowest BCUT2D eigenvalue weighted by Crippen LogP contribution is -2.25. The van der Waals surface area contributed by atoms with Gasteiger partial charge in [0.25, 0.3) is 0 Å². The molecular weight excluding hydrogens is 256 g/mol. The van der Waals surface area contributed by atoms with Gasteiger partial charge >= 0.3 is 5.97 Å². The van der Waals surface area contributed by atoms with E-state index in [-0.39, 0.29) is 18.2 Å². The van der Waals surface area contributed by atoms with Crippen LogP contribution in [-0.2, 0) is 9.53 Å². The Kier molecular flexibility index (Phi) is 5.84. The highest BCUT2D eigenvalue weighted by Gasteiger charge is 2.24. The van der Waals surface area contributed by atoms with Crippen LogP contribution in [0.15, 0.2) is 12.1 Å². The van der Waals surface area contributed by atoms with Crippen molar-refractivity contribution in [3.05, 3.63) is 29.3 Å². The maximum Gasteiger partial charge on any atom is 0.327 e. The van der Waals surface area contributed by atoms with E-state index < -0.39 is 29.2 Å². The summed E-state index contributed by atoms with van der Waals surface area (Å²) in [5.74, 6) is -2.80. The molecule has 0 amide bonds. The lowest BCUT2D eigenvalue weighted by Gasteiger charge is -2.12. The second-order valence-corrected chi connectivity index (χ2v) is 3.01. The highest BCUT2D eigenvalue weighted by Crippen LogP contribution is 2.25. The first kappa shape index (κ1) is 15.6. The molecule has 0 saturated heterocycles. The minimum atomic E-state index is -1.49. The number of ether oxygens (including phenoxy) is 2. The normalized spacial score (nSPS) is 11.4. The van der Waals surface area contributed by atoms with Gasteiger partial charge in [-0.15, -0.1) is 12.4 Å². The van der Waals surface area contributed by atoms with Crippen LogP contribution in [0.4, 0.5) is 8.78 Å². The molecule has 1 rings (SSSR count). The fourth-order valence-corrected chi connectivity index (χ4v) is 1.22. The van der Waals surface area contributed by atoms with E-state index in [2.05, 4.69) is 9.47 Å². The molecule has 0 aliphatic rings. The Labute approximate surface area is 103 Å². The van der Waals surface area contributed by atoms with Gasteiger partial charge in [-0.25, -0.2) is 8.78 Å². The summed E-state index contributed by atoms with van der Waals surface area (Å²) in [4.78, 5) is 11.1. The molecule has 17 heavy (non-hydrogen) atoms. The Bertz CT molecular complexity index is 392. The molecule has 0 aromatic heterocycles. The molecule has 0 aliphatic carbocycles. The van der Waals surface area contributed by atoms with E-state index in [1.807, 2.05) is 0 Å². The lowest BCUT2D eigenvalue weighted by atomic mass is 10.1. The summed E-state index contributed by atoms with van der Waals surface area (Å²) in [5.41, 5.74) is 4.81. The fraction of sp³-hybridized carbons (Fsp3) is 0.300. The van der Waals surface area contributed by atoms with E-state index in [0.29, 0.717) is 0 Å². The van der Waals surface area contributed by atoms with Crippen LogP contribution in [0, 0.1) is 11.6 Å². The number of esters is 1. The van der Waals surface area contributed by atoms with Crippen LogP contribution in [0.5, 0.6) is 5.75 Å². The van der Waals surface area contributed by atoms with Crippen molar-refractivity contribution in [3.63, 3.8) is 0 Å². The molecule has 0 radical (unpaired) electrons. The van der Waals surface area contributed by atoms with E-state index in [0.717, 1.165) is 19.2 Å². The molecular formula is C10H12ClF2NO3. The molecule has 1 atom stereocenters. The maximum absolute atomic E-state index is 13.4. The number of benzene rings is 1. The second kappa shape index (κ2) is 6.36. The molecule has 2 N–H and O–H groups in total. The lowest BCUT2D eigenvalue weighted by molar-refractivity contribution is -0.142. The predicted octanol–water partition coefficient (Wildman–Crippen LogP) is 1.57. The van der Waals surface area contributed by atoms with Crippen molar-refractivity contribution in [2.45, 2.75) is 6.04 Å². The Morgan fingerprint density at radius 2 is 1.76 bits per heavy atom. The van der Waals surface area contributed by atoms with Gasteiger partial charge in [-0.05, 0) is 0 Å². The monoisotopic (exact) mass is 267 g/mol. The van der Waals surface area contributed by atoms with Crippen LogP contribution in [-0.4, -0.2) is 20.2 Å². The van der Waals surface area contributed by atoms with Gasteiger partial charge in [0.1, 0.15) is 23.4 Å². The van der Waals surface area contributed by atoms with Crippen molar-refractivity contribution in [2.24, 2.45) is 5.73 Å². The molecule has 0 spiro atoms. The first-order valence-corrected chi connectivity index (χ1v) is 4.37. The average Bonchev–Trinajstić information content (AvgIpc) is 2.26. The van der Waals surface area contributed by atoms with Crippen LogP contribution in [0.3, 0.4) is 0 Å². The summed E-state index contributed by atoms with van der Waals surface area (Å²) in [7, 11) is 2.36. The molecule has 96 valence electrons. The zero-order valence-corrected chi connectivity index (χ0v) is 10.0. The van der Waals surface area contributed by atoms with Gasteiger partial charge in [-0.3, -0.25) is 4.79 Å². The number of hydrogen-bond acceptors (Lipinski definition) is 4. The predicted molar refractivity (Wildman–Crippen MR) is 59.1 cm³/mol. The topological polar surface area (TPSA) is 61.5 Å². The molecule has 4 nitrogen and oxygen atoms in total. The van der Waals surface area contributed by atoms with Crippen LogP contribution < -0.4 is 10.5 Å². The number of halogens is 3. The van der Waals surface area contributed by atoms with Crippen LogP contribution >= 0.6 is 12.4 Å². The first-order chi connectivity index (χ1) is 7.51. The van der Waals surface area contributed by atoms with Crippen LogP contribution in [0.2, 0.25) is 0 Å². The molecule has 1 aromatic carbocycles. The second-order valence-electron chi connectivity index (χ2n) is 3.01. The molecule has 7 heteroatoms. The summed E-state index contributed by atoms with van der Waals surface area (Å²) in [6.07, 6.45) is 0. The number of methoxy groups -OCH3 is 2. The Hall–Kier alpha value is -1.40. The average molecular weight is 268 g/mol. The van der Waals surface area contributed by atoms with Gasteiger partial charge in [0.15, 0.2) is 0 Å². The third-order valence-corrected chi connectivity index (χ3v) is 2.05. The summed E-state index contributed by atoms with van der Waals surface area (Å²) >= 11 is 0. The van der Waals surface area contributed by atoms with Crippen molar-refractivity contribution in [3.8, 4) is 5.75 Å². The van der Waals surface area contributed by atoms with E-state index in [1.54, 1.807) is 0 Å². The fourth-order valence-electron chi connectivity index (χ4n) is 1.22. The van der Waals surface area contributed by atoms with E-state index in [9.17, 15) is 13.6 Å².